The van der Waals surface area contributed by atoms with Gasteiger partial charge in [0.25, 0.3) is 0 Å². The van der Waals surface area contributed by atoms with E-state index >= 15 is 0 Å². The van der Waals surface area contributed by atoms with Gasteiger partial charge in [0.1, 0.15) is 17.4 Å². The summed E-state index contributed by atoms with van der Waals surface area (Å²) < 4.78 is 0. The van der Waals surface area contributed by atoms with Crippen LogP contribution < -0.4 is 10.6 Å². The first kappa shape index (κ1) is 30.7. The summed E-state index contributed by atoms with van der Waals surface area (Å²) in [6, 6.07) is 8.59. The number of phenolic OH excluding ortho intramolecular Hbond substituents is 1. The van der Waals surface area contributed by atoms with Crippen LogP contribution in [0.4, 0.5) is 5.69 Å². The van der Waals surface area contributed by atoms with Crippen molar-refractivity contribution in [2.45, 2.75) is 37.1 Å². The second-order valence-electron chi connectivity index (χ2n) is 12.8. The molecule has 0 bridgehead atoms. The van der Waals surface area contributed by atoms with E-state index in [9.17, 15) is 34.8 Å². The van der Waals surface area contributed by atoms with Crippen molar-refractivity contribution in [3.63, 3.8) is 0 Å². The number of aliphatic hydroxyl groups excluding tert-OH is 2. The van der Waals surface area contributed by atoms with Gasteiger partial charge >= 0.3 is 0 Å². The number of primary amides is 1. The van der Waals surface area contributed by atoms with Gasteiger partial charge in [-0.2, -0.15) is 0 Å². The van der Waals surface area contributed by atoms with Crippen molar-refractivity contribution in [3.8, 4) is 16.9 Å². The molecule has 0 aliphatic heterocycles. The third-order valence-corrected chi connectivity index (χ3v) is 9.28. The van der Waals surface area contributed by atoms with E-state index in [2.05, 4.69) is 0 Å². The van der Waals surface area contributed by atoms with Crippen molar-refractivity contribution in [2.75, 3.05) is 47.2 Å². The standard InChI is InChI=1S/C32H40N4O7/c1-34(2)14-15-8-7-9-16(10-15)18-13-21(35(3)4)19-11-17-12-20-25(36(5)6)28(39)24(31(33)42)30(41)32(20,43)29(40)22(17)27(38)23(19)26(18)37/h7-10,13,17,20,24-25,28,37-39,43H,11-12,14H2,1-6H3,(H2,33,42)/t17-,20-,24?,25-,28?,32-/m1/s1. The van der Waals surface area contributed by atoms with Crippen LogP contribution >= 0.6 is 0 Å². The molecule has 11 nitrogen and oxygen atoms in total. The molecule has 43 heavy (non-hydrogen) atoms. The Bertz CT molecular complexity index is 1550. The second kappa shape index (κ2) is 10.7. The number of rotatable bonds is 6. The van der Waals surface area contributed by atoms with Gasteiger partial charge in [0, 0.05) is 49.4 Å². The molecule has 2 saturated carbocycles. The maximum atomic E-state index is 14.2. The van der Waals surface area contributed by atoms with Crippen LogP contribution in [0.3, 0.4) is 0 Å². The number of hydrogen-bond donors (Lipinski definition) is 5. The number of hydrogen-bond acceptors (Lipinski definition) is 10. The highest BCUT2D eigenvalue weighted by atomic mass is 16.3. The molecule has 230 valence electrons. The van der Waals surface area contributed by atoms with Crippen LogP contribution in [0.15, 0.2) is 35.9 Å². The molecule has 2 aromatic carbocycles. The number of carbonyl (C=O) groups is 3. The summed E-state index contributed by atoms with van der Waals surface area (Å²) in [5, 5.41) is 46.3. The molecule has 0 heterocycles. The van der Waals surface area contributed by atoms with Crippen LogP contribution in [0.1, 0.15) is 23.1 Å². The Labute approximate surface area is 250 Å². The fraction of sp³-hybridized carbons (Fsp3) is 0.469. The molecule has 0 aromatic heterocycles. The molecular weight excluding hydrogens is 552 g/mol. The number of aromatic hydroxyl groups is 1. The molecule has 0 spiro atoms. The maximum absolute atomic E-state index is 14.2. The predicted octanol–water partition coefficient (Wildman–Crippen LogP) is 0.924. The first-order valence-electron chi connectivity index (χ1n) is 14.3. The highest BCUT2D eigenvalue weighted by Gasteiger charge is 2.67. The largest absolute Gasteiger partial charge is 0.507 e. The zero-order valence-corrected chi connectivity index (χ0v) is 25.3. The molecule has 6 N–H and O–H groups in total. The number of aliphatic hydroxyl groups is 3. The zero-order valence-electron chi connectivity index (χ0n) is 25.3. The molecule has 5 rings (SSSR count). The van der Waals surface area contributed by atoms with E-state index in [1.807, 2.05) is 68.3 Å². The van der Waals surface area contributed by atoms with Gasteiger partial charge in [-0.3, -0.25) is 14.4 Å². The van der Waals surface area contributed by atoms with Gasteiger partial charge in [-0.15, -0.1) is 0 Å². The van der Waals surface area contributed by atoms with E-state index < -0.39 is 58.7 Å². The van der Waals surface area contributed by atoms with Crippen molar-refractivity contribution in [1.82, 2.24) is 9.80 Å². The third-order valence-electron chi connectivity index (χ3n) is 9.28. The average Bonchev–Trinajstić information content (AvgIpc) is 2.90. The predicted molar refractivity (Wildman–Crippen MR) is 161 cm³/mol. The fourth-order valence-corrected chi connectivity index (χ4v) is 7.47. The summed E-state index contributed by atoms with van der Waals surface area (Å²) in [4.78, 5) is 45.5. The van der Waals surface area contributed by atoms with Gasteiger partial charge in [0.15, 0.2) is 11.4 Å². The van der Waals surface area contributed by atoms with Crippen molar-refractivity contribution >= 4 is 28.9 Å². The van der Waals surface area contributed by atoms with Gasteiger partial charge in [0.05, 0.1) is 11.7 Å². The number of phenols is 1. The van der Waals surface area contributed by atoms with Gasteiger partial charge in [-0.1, -0.05) is 18.2 Å². The number of nitrogens with two attached hydrogens (primary N) is 1. The lowest BCUT2D eigenvalue weighted by Crippen LogP contribution is -2.73. The van der Waals surface area contributed by atoms with Crippen LogP contribution in [0.5, 0.6) is 5.75 Å². The van der Waals surface area contributed by atoms with Gasteiger partial charge in [-0.05, 0) is 75.8 Å². The average molecular weight is 593 g/mol. The Hall–Kier alpha value is -3.77. The van der Waals surface area contributed by atoms with Gasteiger partial charge in [0.2, 0.25) is 11.7 Å². The minimum atomic E-state index is -2.69. The SMILES string of the molecule is CN(C)Cc1cccc(-c2cc(N(C)C)c3c(c2O)C(O)=C2C(=O)[C@@]4(O)C(=O)C(C(N)=O)C(O)[C@H](N(C)C)[C@H]4C[C@H]2C3)c1. The van der Waals surface area contributed by atoms with Gasteiger partial charge < -0.3 is 40.9 Å². The number of benzene rings is 2. The molecule has 6 atom stereocenters. The van der Waals surface area contributed by atoms with E-state index in [4.69, 9.17) is 5.73 Å². The molecule has 2 unspecified atom stereocenters. The Kier molecular flexibility index (Phi) is 7.67. The Balaban J connectivity index is 1.71. The van der Waals surface area contributed by atoms with Gasteiger partial charge in [-0.25, -0.2) is 0 Å². The molecular formula is C32H40N4O7. The van der Waals surface area contributed by atoms with E-state index in [1.54, 1.807) is 19.0 Å². The molecule has 1 amide bonds. The highest BCUT2D eigenvalue weighted by Crippen LogP contribution is 2.54. The molecule has 2 fully saturated rings. The Morgan fingerprint density at radius 2 is 1.74 bits per heavy atom. The molecule has 0 radical (unpaired) electrons. The number of anilines is 1. The van der Waals surface area contributed by atoms with E-state index in [0.29, 0.717) is 23.2 Å². The van der Waals surface area contributed by atoms with Crippen LogP contribution in [-0.4, -0.2) is 108 Å². The van der Waals surface area contributed by atoms with E-state index in [0.717, 1.165) is 11.3 Å². The molecule has 2 aromatic rings. The summed E-state index contributed by atoms with van der Waals surface area (Å²) in [7, 11) is 10.9. The minimum Gasteiger partial charge on any atom is -0.507 e. The first-order chi connectivity index (χ1) is 20.1. The van der Waals surface area contributed by atoms with Crippen molar-refractivity contribution in [3.05, 3.63) is 52.6 Å². The summed E-state index contributed by atoms with van der Waals surface area (Å²) in [5.74, 6) is -7.57. The lowest BCUT2D eigenvalue weighted by Gasteiger charge is -2.53. The first-order valence-corrected chi connectivity index (χ1v) is 14.3. The molecule has 3 aliphatic carbocycles. The summed E-state index contributed by atoms with van der Waals surface area (Å²) in [6.45, 7) is 0.675. The summed E-state index contributed by atoms with van der Waals surface area (Å²) in [5.41, 5.74) is 6.22. The zero-order chi connectivity index (χ0) is 31.7. The number of Topliss-reactive ketones (excluding diaryl/α,β-unsaturated/α-hetero) is 2. The number of nitrogens with zero attached hydrogens (tertiary/aromatic N) is 3. The topological polar surface area (TPSA) is 168 Å². The number of carbonyl (C=O) groups excluding carboxylic acids is 3. The molecule has 0 saturated heterocycles. The van der Waals surface area contributed by atoms with Crippen molar-refractivity contribution < 1.29 is 34.8 Å². The number of fused-ring (bicyclic) bond motifs is 3. The smallest absolute Gasteiger partial charge is 0.230 e. The van der Waals surface area contributed by atoms with Crippen molar-refractivity contribution in [2.24, 2.45) is 23.5 Å². The monoisotopic (exact) mass is 592 g/mol. The molecule has 11 heteroatoms. The quantitative estimate of drug-likeness (QED) is 0.304. The van der Waals surface area contributed by atoms with Crippen molar-refractivity contribution in [1.29, 1.82) is 0 Å². The Morgan fingerprint density at radius 3 is 2.33 bits per heavy atom. The lowest BCUT2D eigenvalue weighted by molar-refractivity contribution is -0.184. The summed E-state index contributed by atoms with van der Waals surface area (Å²) >= 11 is 0. The highest BCUT2D eigenvalue weighted by molar-refractivity contribution is 6.25. The van der Waals surface area contributed by atoms with Crippen LogP contribution in [0, 0.1) is 17.8 Å². The van der Waals surface area contributed by atoms with Crippen LogP contribution in [0.25, 0.3) is 16.9 Å². The van der Waals surface area contributed by atoms with E-state index in [1.165, 1.54) is 0 Å². The summed E-state index contributed by atoms with van der Waals surface area (Å²) in [6.07, 6.45) is -1.22. The fourth-order valence-electron chi connectivity index (χ4n) is 7.47. The number of amides is 1. The van der Waals surface area contributed by atoms with E-state index in [-0.39, 0.29) is 29.7 Å². The van der Waals surface area contributed by atoms with Crippen LogP contribution in [0.2, 0.25) is 0 Å². The second-order valence-corrected chi connectivity index (χ2v) is 12.8. The van der Waals surface area contributed by atoms with Crippen LogP contribution in [-0.2, 0) is 27.3 Å². The normalized spacial score (nSPS) is 28.6. The third kappa shape index (κ3) is 4.62. The number of ketones is 2. The Morgan fingerprint density at radius 1 is 1.07 bits per heavy atom. The lowest BCUT2D eigenvalue weighted by atomic mass is 9.54. The minimum absolute atomic E-state index is 0.0692. The maximum Gasteiger partial charge on any atom is 0.230 e. The number of likely N-dealkylation sites (N-methyl/N-ethyl adjacent to an activating group) is 1. The molecule has 3 aliphatic rings.